The number of nitrogens with one attached hydrogen (secondary N) is 1. The standard InChI is InChI=1S/C11H18N4/c1-15-9-11(13-14-15)8-12-7-6-10-4-2-3-5-10/h4,9,12H,2-3,5-8H2,1H3. The van der Waals surface area contributed by atoms with E-state index in [0.29, 0.717) is 0 Å². The molecule has 0 spiro atoms. The molecule has 82 valence electrons. The Kier molecular flexibility index (Phi) is 3.50. The molecule has 0 bridgehead atoms. The molecule has 15 heavy (non-hydrogen) atoms. The molecule has 1 aromatic heterocycles. The third-order valence-corrected chi connectivity index (χ3v) is 2.71. The molecule has 0 saturated heterocycles. The van der Waals surface area contributed by atoms with Crippen LogP contribution >= 0.6 is 0 Å². The van der Waals surface area contributed by atoms with Crippen LogP contribution in [-0.4, -0.2) is 21.5 Å². The van der Waals surface area contributed by atoms with Crippen LogP contribution < -0.4 is 5.32 Å². The number of aryl methyl sites for hydroxylation is 1. The number of allylic oxidation sites excluding steroid dienone is 1. The lowest BCUT2D eigenvalue weighted by atomic mass is 10.2. The molecule has 1 aromatic rings. The van der Waals surface area contributed by atoms with Crippen molar-refractivity contribution in [2.45, 2.75) is 32.2 Å². The lowest BCUT2D eigenvalue weighted by Crippen LogP contribution is -2.15. The van der Waals surface area contributed by atoms with Gasteiger partial charge in [0.25, 0.3) is 0 Å². The first-order valence-electron chi connectivity index (χ1n) is 5.58. The van der Waals surface area contributed by atoms with Crippen LogP contribution in [0.15, 0.2) is 17.8 Å². The van der Waals surface area contributed by atoms with Crippen LogP contribution in [0.2, 0.25) is 0 Å². The lowest BCUT2D eigenvalue weighted by Gasteiger charge is -2.02. The quantitative estimate of drug-likeness (QED) is 0.585. The maximum absolute atomic E-state index is 4.02. The van der Waals surface area contributed by atoms with Crippen LogP contribution in [0.25, 0.3) is 0 Å². The van der Waals surface area contributed by atoms with Crippen molar-refractivity contribution in [1.82, 2.24) is 20.3 Å². The monoisotopic (exact) mass is 206 g/mol. The van der Waals surface area contributed by atoms with Gasteiger partial charge in [-0.05, 0) is 32.2 Å². The highest BCUT2D eigenvalue weighted by Crippen LogP contribution is 2.19. The van der Waals surface area contributed by atoms with Gasteiger partial charge in [-0.1, -0.05) is 16.9 Å². The van der Waals surface area contributed by atoms with Crippen molar-refractivity contribution >= 4 is 0 Å². The van der Waals surface area contributed by atoms with E-state index in [1.807, 2.05) is 13.2 Å². The topological polar surface area (TPSA) is 42.7 Å². The molecule has 0 unspecified atom stereocenters. The number of hydrogen-bond acceptors (Lipinski definition) is 3. The minimum atomic E-state index is 0.821. The highest BCUT2D eigenvalue weighted by molar-refractivity contribution is 5.07. The van der Waals surface area contributed by atoms with Gasteiger partial charge < -0.3 is 5.32 Å². The Labute approximate surface area is 90.4 Å². The van der Waals surface area contributed by atoms with Crippen molar-refractivity contribution in [3.05, 3.63) is 23.5 Å². The Morgan fingerprint density at radius 2 is 2.47 bits per heavy atom. The van der Waals surface area contributed by atoms with Crippen LogP contribution in [0.4, 0.5) is 0 Å². The van der Waals surface area contributed by atoms with Crippen molar-refractivity contribution in [2.24, 2.45) is 7.05 Å². The van der Waals surface area contributed by atoms with Gasteiger partial charge in [-0.2, -0.15) is 0 Å². The number of hydrogen-bond donors (Lipinski definition) is 1. The Bertz CT molecular complexity index is 340. The number of rotatable bonds is 5. The van der Waals surface area contributed by atoms with Crippen LogP contribution in [0.5, 0.6) is 0 Å². The summed E-state index contributed by atoms with van der Waals surface area (Å²) < 4.78 is 1.73. The van der Waals surface area contributed by atoms with E-state index < -0.39 is 0 Å². The van der Waals surface area contributed by atoms with Crippen molar-refractivity contribution in [3.63, 3.8) is 0 Å². The average Bonchev–Trinajstić information content (AvgIpc) is 2.84. The zero-order chi connectivity index (χ0) is 10.5. The molecule has 0 aliphatic heterocycles. The summed E-state index contributed by atoms with van der Waals surface area (Å²) in [7, 11) is 1.89. The van der Waals surface area contributed by atoms with Gasteiger partial charge in [-0.25, -0.2) is 0 Å². The van der Waals surface area contributed by atoms with E-state index in [1.165, 1.54) is 25.7 Å². The predicted molar refractivity (Wildman–Crippen MR) is 59.3 cm³/mol. The molecule has 4 heteroatoms. The van der Waals surface area contributed by atoms with E-state index in [4.69, 9.17) is 0 Å². The summed E-state index contributed by atoms with van der Waals surface area (Å²) in [5.74, 6) is 0. The fourth-order valence-corrected chi connectivity index (χ4v) is 1.91. The lowest BCUT2D eigenvalue weighted by molar-refractivity contribution is 0.661. The minimum absolute atomic E-state index is 0.821. The third-order valence-electron chi connectivity index (χ3n) is 2.71. The summed E-state index contributed by atoms with van der Waals surface area (Å²) in [6, 6.07) is 0. The van der Waals surface area contributed by atoms with E-state index >= 15 is 0 Å². The molecule has 0 amide bonds. The molecular formula is C11H18N4. The van der Waals surface area contributed by atoms with Crippen molar-refractivity contribution < 1.29 is 0 Å². The van der Waals surface area contributed by atoms with E-state index in [1.54, 1.807) is 10.3 Å². The predicted octanol–water partition coefficient (Wildman–Crippen LogP) is 1.41. The largest absolute Gasteiger partial charge is 0.311 e. The third kappa shape index (κ3) is 3.16. The molecule has 0 fully saturated rings. The Morgan fingerprint density at radius 1 is 1.53 bits per heavy atom. The minimum Gasteiger partial charge on any atom is -0.311 e. The molecule has 4 nitrogen and oxygen atoms in total. The number of nitrogens with zero attached hydrogens (tertiary/aromatic N) is 3. The van der Waals surface area contributed by atoms with Gasteiger partial charge in [0.2, 0.25) is 0 Å². The zero-order valence-electron chi connectivity index (χ0n) is 9.24. The van der Waals surface area contributed by atoms with Crippen molar-refractivity contribution in [1.29, 1.82) is 0 Å². The van der Waals surface area contributed by atoms with Crippen molar-refractivity contribution in [2.75, 3.05) is 6.54 Å². The highest BCUT2D eigenvalue weighted by atomic mass is 15.4. The summed E-state index contributed by atoms with van der Waals surface area (Å²) in [5, 5.41) is 11.3. The van der Waals surface area contributed by atoms with Gasteiger partial charge in [0.1, 0.15) is 0 Å². The van der Waals surface area contributed by atoms with Gasteiger partial charge in [-0.3, -0.25) is 4.68 Å². The molecule has 2 rings (SSSR count). The van der Waals surface area contributed by atoms with E-state index in [9.17, 15) is 0 Å². The SMILES string of the molecule is Cn1cc(CNCCC2=CCCC2)nn1. The first-order valence-corrected chi connectivity index (χ1v) is 5.58. The van der Waals surface area contributed by atoms with Gasteiger partial charge in [0, 0.05) is 19.8 Å². The maximum Gasteiger partial charge on any atom is 0.0964 e. The summed E-state index contributed by atoms with van der Waals surface area (Å²) in [4.78, 5) is 0. The summed E-state index contributed by atoms with van der Waals surface area (Å²) in [6.07, 6.45) is 9.43. The van der Waals surface area contributed by atoms with Gasteiger partial charge in [-0.15, -0.1) is 5.10 Å². The van der Waals surface area contributed by atoms with Crippen LogP contribution in [-0.2, 0) is 13.6 Å². The van der Waals surface area contributed by atoms with Gasteiger partial charge in [0.15, 0.2) is 0 Å². The van der Waals surface area contributed by atoms with Crippen LogP contribution in [0.1, 0.15) is 31.4 Å². The molecule has 0 radical (unpaired) electrons. The molecule has 1 heterocycles. The molecule has 0 saturated carbocycles. The summed E-state index contributed by atoms with van der Waals surface area (Å²) in [5.41, 5.74) is 2.62. The van der Waals surface area contributed by atoms with E-state index in [2.05, 4.69) is 21.7 Å². The molecule has 1 aliphatic rings. The van der Waals surface area contributed by atoms with Crippen molar-refractivity contribution in [3.8, 4) is 0 Å². The zero-order valence-corrected chi connectivity index (χ0v) is 9.24. The summed E-state index contributed by atoms with van der Waals surface area (Å²) >= 11 is 0. The normalized spacial score (nSPS) is 15.7. The Morgan fingerprint density at radius 3 is 3.13 bits per heavy atom. The summed E-state index contributed by atoms with van der Waals surface area (Å²) in [6.45, 7) is 1.86. The highest BCUT2D eigenvalue weighted by Gasteiger charge is 2.03. The fourth-order valence-electron chi connectivity index (χ4n) is 1.91. The maximum atomic E-state index is 4.02. The smallest absolute Gasteiger partial charge is 0.0964 e. The second kappa shape index (κ2) is 5.07. The second-order valence-electron chi connectivity index (χ2n) is 4.06. The Balaban J connectivity index is 1.62. The molecule has 1 N–H and O–H groups in total. The molecule has 0 atom stereocenters. The van der Waals surface area contributed by atoms with E-state index in [-0.39, 0.29) is 0 Å². The molecule has 1 aliphatic carbocycles. The second-order valence-corrected chi connectivity index (χ2v) is 4.06. The number of aromatic nitrogens is 3. The molecular weight excluding hydrogens is 188 g/mol. The first-order chi connectivity index (χ1) is 7.34. The van der Waals surface area contributed by atoms with Crippen LogP contribution in [0, 0.1) is 0 Å². The fraction of sp³-hybridized carbons (Fsp3) is 0.636. The Hall–Kier alpha value is -1.16. The van der Waals surface area contributed by atoms with Gasteiger partial charge >= 0.3 is 0 Å². The first kappa shape index (κ1) is 10.4. The van der Waals surface area contributed by atoms with Crippen LogP contribution in [0.3, 0.4) is 0 Å². The van der Waals surface area contributed by atoms with E-state index in [0.717, 1.165) is 18.8 Å². The average molecular weight is 206 g/mol. The van der Waals surface area contributed by atoms with Gasteiger partial charge in [0.05, 0.1) is 5.69 Å². The molecule has 0 aromatic carbocycles.